The van der Waals surface area contributed by atoms with Crippen molar-refractivity contribution >= 4 is 17.7 Å². The zero-order valence-electron chi connectivity index (χ0n) is 14.8. The van der Waals surface area contributed by atoms with Crippen LogP contribution < -0.4 is 5.32 Å². The number of halogens is 3. The highest BCUT2D eigenvalue weighted by Gasteiger charge is 2.30. The third-order valence-electron chi connectivity index (χ3n) is 3.60. The first-order valence-corrected chi connectivity index (χ1v) is 7.89. The number of nitrogens with one attached hydrogen (secondary N) is 1. The maximum absolute atomic E-state index is 12.6. The van der Waals surface area contributed by atoms with Gasteiger partial charge < -0.3 is 19.4 Å². The number of hydrogen-bond donors (Lipinski definition) is 1. The van der Waals surface area contributed by atoms with E-state index in [1.807, 2.05) is 0 Å². The molecule has 0 unspecified atom stereocenters. The van der Waals surface area contributed by atoms with Crippen LogP contribution in [-0.4, -0.2) is 35.0 Å². The number of alkyl halides is 3. The number of urea groups is 1. The Hall–Kier alpha value is -3.04. The molecule has 2 rings (SSSR count). The monoisotopic (exact) mass is 385 g/mol. The Labute approximate surface area is 153 Å². The molecule has 27 heavy (non-hydrogen) atoms. The van der Waals surface area contributed by atoms with Gasteiger partial charge in [-0.15, -0.1) is 0 Å². The summed E-state index contributed by atoms with van der Waals surface area (Å²) in [5, 5.41) is 2.52. The van der Waals surface area contributed by atoms with Crippen LogP contribution in [0.3, 0.4) is 0 Å². The Bertz CT molecular complexity index is 801. The number of rotatable bonds is 5. The minimum atomic E-state index is -4.45. The van der Waals surface area contributed by atoms with Crippen LogP contribution in [0.5, 0.6) is 0 Å². The lowest BCUT2D eigenvalue weighted by molar-refractivity contribution is -0.137. The molecule has 0 fully saturated rings. The fourth-order valence-electron chi connectivity index (χ4n) is 2.15. The van der Waals surface area contributed by atoms with Gasteiger partial charge in [0.2, 0.25) is 5.89 Å². The van der Waals surface area contributed by atoms with Gasteiger partial charge in [0, 0.05) is 11.7 Å². The molecule has 1 N–H and O–H groups in total. The summed E-state index contributed by atoms with van der Waals surface area (Å²) in [5.74, 6) is -0.554. The van der Waals surface area contributed by atoms with E-state index in [1.165, 1.54) is 24.1 Å². The zero-order chi connectivity index (χ0) is 20.2. The number of carbonyl (C=O) groups excluding carboxylic acids is 2. The molecule has 1 aromatic carbocycles. The Balaban J connectivity index is 2.08. The number of amides is 2. The van der Waals surface area contributed by atoms with E-state index in [0.29, 0.717) is 0 Å². The largest absolute Gasteiger partial charge is 0.464 e. The van der Waals surface area contributed by atoms with Crippen LogP contribution in [0.1, 0.15) is 35.8 Å². The molecule has 0 radical (unpaired) electrons. The van der Waals surface area contributed by atoms with E-state index >= 15 is 0 Å². The van der Waals surface area contributed by atoms with E-state index in [-0.39, 0.29) is 29.9 Å². The minimum absolute atomic E-state index is 0.0284. The average Bonchev–Trinajstić information content (AvgIpc) is 3.07. The second-order valence-corrected chi connectivity index (χ2v) is 5.84. The quantitative estimate of drug-likeness (QED) is 0.789. The first-order valence-electron chi connectivity index (χ1n) is 7.89. The Kier molecular flexibility index (Phi) is 6.09. The van der Waals surface area contributed by atoms with E-state index in [4.69, 9.17) is 4.42 Å². The predicted molar refractivity (Wildman–Crippen MR) is 89.0 cm³/mol. The fourth-order valence-corrected chi connectivity index (χ4v) is 2.15. The topological polar surface area (TPSA) is 84.7 Å². The molecule has 0 spiro atoms. The number of anilines is 1. The summed E-state index contributed by atoms with van der Waals surface area (Å²) >= 11 is 0. The second kappa shape index (κ2) is 8.11. The van der Waals surface area contributed by atoms with Crippen LogP contribution in [0.25, 0.3) is 0 Å². The molecule has 0 saturated carbocycles. The molecular formula is C17H18F3N3O4. The summed E-state index contributed by atoms with van der Waals surface area (Å²) in [6.07, 6.45) is -3.33. The van der Waals surface area contributed by atoms with E-state index in [2.05, 4.69) is 15.0 Å². The molecule has 0 bridgehead atoms. The Morgan fingerprint density at radius 1 is 1.26 bits per heavy atom. The number of carbonyl (C=O) groups is 2. The standard InChI is InChI=1S/C17H18F3N3O4/c1-10(2)23(8-14-22-13(9-27-14)15(24)26-3)16(25)21-12-6-4-11(5-7-12)17(18,19)20/h4-7,9-10H,8H2,1-3H3,(H,21,25). The van der Waals surface area contributed by atoms with Crippen LogP contribution in [-0.2, 0) is 17.5 Å². The number of methoxy groups -OCH3 is 1. The number of benzene rings is 1. The molecular weight excluding hydrogens is 367 g/mol. The van der Waals surface area contributed by atoms with Crippen molar-refractivity contribution in [1.29, 1.82) is 0 Å². The third kappa shape index (κ3) is 5.22. The Morgan fingerprint density at radius 2 is 1.89 bits per heavy atom. The third-order valence-corrected chi connectivity index (χ3v) is 3.60. The number of nitrogens with zero attached hydrogens (tertiary/aromatic N) is 2. The van der Waals surface area contributed by atoms with Crippen LogP contribution in [0.2, 0.25) is 0 Å². The lowest BCUT2D eigenvalue weighted by Gasteiger charge is -2.25. The number of aromatic nitrogens is 1. The summed E-state index contributed by atoms with van der Waals surface area (Å²) in [6.45, 7) is 3.45. The van der Waals surface area contributed by atoms with Gasteiger partial charge >= 0.3 is 18.2 Å². The zero-order valence-corrected chi connectivity index (χ0v) is 14.8. The first-order chi connectivity index (χ1) is 12.6. The Morgan fingerprint density at radius 3 is 2.41 bits per heavy atom. The summed E-state index contributed by atoms with van der Waals surface area (Å²) in [7, 11) is 1.20. The highest BCUT2D eigenvalue weighted by atomic mass is 19.4. The van der Waals surface area contributed by atoms with E-state index < -0.39 is 23.7 Å². The lowest BCUT2D eigenvalue weighted by atomic mass is 10.2. The molecule has 146 valence electrons. The predicted octanol–water partition coefficient (Wildman–Crippen LogP) is 3.92. The first kappa shape index (κ1) is 20.3. The molecule has 2 amide bonds. The normalized spacial score (nSPS) is 11.4. The van der Waals surface area contributed by atoms with E-state index in [1.54, 1.807) is 13.8 Å². The fraction of sp³-hybridized carbons (Fsp3) is 0.353. The van der Waals surface area contributed by atoms with Crippen molar-refractivity contribution in [3.8, 4) is 0 Å². The summed E-state index contributed by atoms with van der Waals surface area (Å²) in [5.41, 5.74) is -0.628. The lowest BCUT2D eigenvalue weighted by Crippen LogP contribution is -2.39. The van der Waals surface area contributed by atoms with Crippen molar-refractivity contribution < 1.29 is 31.9 Å². The van der Waals surface area contributed by atoms with Crippen LogP contribution in [0.4, 0.5) is 23.7 Å². The average molecular weight is 385 g/mol. The number of ether oxygens (including phenoxy) is 1. The van der Waals surface area contributed by atoms with Gasteiger partial charge in [0.15, 0.2) is 5.69 Å². The van der Waals surface area contributed by atoms with Gasteiger partial charge in [-0.05, 0) is 38.1 Å². The summed E-state index contributed by atoms with van der Waals surface area (Å²) < 4.78 is 47.5. The van der Waals surface area contributed by atoms with Gasteiger partial charge in [0.25, 0.3) is 0 Å². The summed E-state index contributed by atoms with van der Waals surface area (Å²) in [4.78, 5) is 29.2. The molecule has 0 aliphatic heterocycles. The van der Waals surface area contributed by atoms with Gasteiger partial charge in [-0.1, -0.05) is 0 Å². The van der Waals surface area contributed by atoms with Crippen LogP contribution in [0, 0.1) is 0 Å². The van der Waals surface area contributed by atoms with Crippen molar-refractivity contribution in [2.24, 2.45) is 0 Å². The van der Waals surface area contributed by atoms with E-state index in [0.717, 1.165) is 18.4 Å². The molecule has 1 aromatic heterocycles. The van der Waals surface area contributed by atoms with Gasteiger partial charge in [-0.2, -0.15) is 13.2 Å². The molecule has 0 aliphatic rings. The van der Waals surface area contributed by atoms with Crippen LogP contribution in [0.15, 0.2) is 34.9 Å². The molecule has 10 heteroatoms. The van der Waals surface area contributed by atoms with Gasteiger partial charge in [0.05, 0.1) is 19.2 Å². The smallest absolute Gasteiger partial charge is 0.416 e. The highest BCUT2D eigenvalue weighted by Crippen LogP contribution is 2.29. The van der Waals surface area contributed by atoms with Crippen molar-refractivity contribution in [1.82, 2.24) is 9.88 Å². The van der Waals surface area contributed by atoms with Crippen LogP contribution >= 0.6 is 0 Å². The van der Waals surface area contributed by atoms with Crippen molar-refractivity contribution in [3.63, 3.8) is 0 Å². The molecule has 7 nitrogen and oxygen atoms in total. The molecule has 1 heterocycles. The summed E-state index contributed by atoms with van der Waals surface area (Å²) in [6, 6.07) is 3.27. The number of hydrogen-bond acceptors (Lipinski definition) is 5. The number of esters is 1. The maximum Gasteiger partial charge on any atom is 0.416 e. The maximum atomic E-state index is 12.6. The van der Waals surface area contributed by atoms with Crippen molar-refractivity contribution in [2.75, 3.05) is 12.4 Å². The van der Waals surface area contributed by atoms with Gasteiger partial charge in [-0.25, -0.2) is 14.6 Å². The second-order valence-electron chi connectivity index (χ2n) is 5.84. The molecule has 0 aliphatic carbocycles. The minimum Gasteiger partial charge on any atom is -0.464 e. The highest BCUT2D eigenvalue weighted by molar-refractivity contribution is 5.89. The number of oxazole rings is 1. The molecule has 0 atom stereocenters. The molecule has 2 aromatic rings. The van der Waals surface area contributed by atoms with Crippen molar-refractivity contribution in [2.45, 2.75) is 32.6 Å². The van der Waals surface area contributed by atoms with Gasteiger partial charge in [0.1, 0.15) is 6.26 Å². The molecule has 0 saturated heterocycles. The van der Waals surface area contributed by atoms with E-state index in [9.17, 15) is 22.8 Å². The van der Waals surface area contributed by atoms with Gasteiger partial charge in [-0.3, -0.25) is 0 Å². The van der Waals surface area contributed by atoms with Crippen molar-refractivity contribution in [3.05, 3.63) is 47.7 Å². The SMILES string of the molecule is COC(=O)c1coc(CN(C(=O)Nc2ccc(C(F)(F)F)cc2)C(C)C)n1.